The van der Waals surface area contributed by atoms with Crippen LogP contribution in [0.4, 0.5) is 5.82 Å². The Hall–Kier alpha value is -1.69. The maximum atomic E-state index is 11.9. The first kappa shape index (κ1) is 12.3. The van der Waals surface area contributed by atoms with Crippen LogP contribution < -0.4 is 5.32 Å². The van der Waals surface area contributed by atoms with Crippen molar-refractivity contribution in [3.63, 3.8) is 0 Å². The lowest BCUT2D eigenvalue weighted by Gasteiger charge is -2.15. The number of amides is 1. The van der Waals surface area contributed by atoms with Crippen LogP contribution in [0.3, 0.4) is 0 Å². The molecular weight excluding hydrogens is 260 g/mol. The van der Waals surface area contributed by atoms with Crippen molar-refractivity contribution in [1.82, 2.24) is 14.9 Å². The summed E-state index contributed by atoms with van der Waals surface area (Å²) in [6.45, 7) is 2.46. The van der Waals surface area contributed by atoms with Gasteiger partial charge in [-0.3, -0.25) is 4.79 Å². The van der Waals surface area contributed by atoms with E-state index in [1.165, 1.54) is 0 Å². The fourth-order valence-corrected chi connectivity index (χ4v) is 3.08. The van der Waals surface area contributed by atoms with Gasteiger partial charge in [0.15, 0.2) is 0 Å². The summed E-state index contributed by atoms with van der Waals surface area (Å²) in [7, 11) is 0. The van der Waals surface area contributed by atoms with Crippen LogP contribution in [0.1, 0.15) is 19.3 Å². The van der Waals surface area contributed by atoms with Gasteiger partial charge in [0.25, 0.3) is 0 Å². The Balaban J connectivity index is 1.57. The van der Waals surface area contributed by atoms with Crippen LogP contribution in [0.5, 0.6) is 0 Å². The molecule has 1 saturated heterocycles. The zero-order valence-corrected chi connectivity index (χ0v) is 11.4. The van der Waals surface area contributed by atoms with Gasteiger partial charge in [-0.15, -0.1) is 11.3 Å². The van der Waals surface area contributed by atoms with Crippen molar-refractivity contribution in [2.45, 2.75) is 19.3 Å². The summed E-state index contributed by atoms with van der Waals surface area (Å²) < 4.78 is 0. The molecule has 2 aromatic heterocycles. The van der Waals surface area contributed by atoms with Crippen molar-refractivity contribution in [3.05, 3.63) is 17.8 Å². The molecule has 0 spiro atoms. The van der Waals surface area contributed by atoms with E-state index in [-0.39, 0.29) is 5.91 Å². The van der Waals surface area contributed by atoms with Crippen molar-refractivity contribution >= 4 is 33.3 Å². The second-order valence-electron chi connectivity index (χ2n) is 4.63. The number of rotatable bonds is 4. The number of nitrogens with one attached hydrogen (secondary N) is 1. The Morgan fingerprint density at radius 1 is 1.37 bits per heavy atom. The van der Waals surface area contributed by atoms with Crippen LogP contribution in [-0.4, -0.2) is 40.4 Å². The summed E-state index contributed by atoms with van der Waals surface area (Å²) >= 11 is 1.60. The number of anilines is 1. The van der Waals surface area contributed by atoms with Crippen molar-refractivity contribution in [2.24, 2.45) is 0 Å². The molecule has 1 fully saturated rings. The lowest BCUT2D eigenvalue weighted by atomic mass is 10.3. The zero-order valence-electron chi connectivity index (χ0n) is 10.6. The second-order valence-corrected chi connectivity index (χ2v) is 5.52. The van der Waals surface area contributed by atoms with Crippen LogP contribution in [0.25, 0.3) is 10.2 Å². The molecule has 0 unspecified atom stereocenters. The normalized spacial score (nSPS) is 15.1. The van der Waals surface area contributed by atoms with Gasteiger partial charge in [0.2, 0.25) is 5.91 Å². The van der Waals surface area contributed by atoms with Crippen LogP contribution in [-0.2, 0) is 4.79 Å². The van der Waals surface area contributed by atoms with Crippen molar-refractivity contribution in [1.29, 1.82) is 0 Å². The third-order valence-corrected chi connectivity index (χ3v) is 4.17. The summed E-state index contributed by atoms with van der Waals surface area (Å²) in [5, 5.41) is 6.26. The van der Waals surface area contributed by atoms with E-state index in [2.05, 4.69) is 15.3 Å². The van der Waals surface area contributed by atoms with Gasteiger partial charge in [0.1, 0.15) is 17.0 Å². The van der Waals surface area contributed by atoms with Gasteiger partial charge in [0.05, 0.1) is 5.39 Å². The van der Waals surface area contributed by atoms with E-state index in [1.54, 1.807) is 17.7 Å². The van der Waals surface area contributed by atoms with Crippen LogP contribution >= 0.6 is 11.3 Å². The van der Waals surface area contributed by atoms with Gasteiger partial charge < -0.3 is 10.2 Å². The highest BCUT2D eigenvalue weighted by Gasteiger charge is 2.17. The van der Waals surface area contributed by atoms with E-state index < -0.39 is 0 Å². The molecule has 0 saturated carbocycles. The first-order valence-corrected chi connectivity index (χ1v) is 7.42. The van der Waals surface area contributed by atoms with E-state index in [0.29, 0.717) is 13.0 Å². The number of likely N-dealkylation sites (tertiary alicyclic amines) is 1. The molecule has 2 aromatic rings. The lowest BCUT2D eigenvalue weighted by Crippen LogP contribution is -2.29. The van der Waals surface area contributed by atoms with Crippen LogP contribution in [0, 0.1) is 0 Å². The molecule has 100 valence electrons. The van der Waals surface area contributed by atoms with Crippen LogP contribution in [0.15, 0.2) is 17.8 Å². The molecule has 1 aliphatic heterocycles. The number of fused-ring (bicyclic) bond motifs is 1. The summed E-state index contributed by atoms with van der Waals surface area (Å²) in [5.74, 6) is 1.06. The molecule has 0 aliphatic carbocycles. The number of carbonyl (C=O) groups excluding carboxylic acids is 1. The minimum Gasteiger partial charge on any atom is -0.369 e. The third-order valence-electron chi connectivity index (χ3n) is 3.35. The standard InChI is InChI=1S/C13H16N4OS/c18-11(17-6-1-2-7-17)3-5-14-12-10-4-8-19-13(10)16-9-15-12/h4,8-9H,1-3,5-7H2,(H,14,15,16). The molecule has 0 bridgehead atoms. The molecule has 0 aromatic carbocycles. The molecule has 1 N–H and O–H groups in total. The Bertz CT molecular complexity index is 577. The Kier molecular flexibility index (Phi) is 3.59. The molecule has 1 amide bonds. The number of nitrogens with zero attached hydrogens (tertiary/aromatic N) is 3. The van der Waals surface area contributed by atoms with Crippen molar-refractivity contribution < 1.29 is 4.79 Å². The molecule has 0 atom stereocenters. The SMILES string of the molecule is O=C(CCNc1ncnc2sccc12)N1CCCC1. The molecule has 6 heteroatoms. The van der Waals surface area contributed by atoms with E-state index in [1.807, 2.05) is 16.3 Å². The molecule has 19 heavy (non-hydrogen) atoms. The van der Waals surface area contributed by atoms with E-state index in [0.717, 1.165) is 42.0 Å². The maximum Gasteiger partial charge on any atom is 0.224 e. The smallest absolute Gasteiger partial charge is 0.224 e. The fourth-order valence-electron chi connectivity index (χ4n) is 2.34. The molecular formula is C13H16N4OS. The molecule has 3 rings (SSSR count). The van der Waals surface area contributed by atoms with Gasteiger partial charge in [-0.1, -0.05) is 0 Å². The molecule has 1 aliphatic rings. The summed E-state index contributed by atoms with van der Waals surface area (Å²) in [4.78, 5) is 23.3. The highest BCUT2D eigenvalue weighted by Crippen LogP contribution is 2.23. The molecule has 0 radical (unpaired) electrons. The Morgan fingerprint density at radius 2 is 2.21 bits per heavy atom. The zero-order chi connectivity index (χ0) is 13.1. The molecule has 5 nitrogen and oxygen atoms in total. The average Bonchev–Trinajstić information content (AvgIpc) is 3.10. The number of thiophene rings is 1. The van der Waals surface area contributed by atoms with E-state index in [4.69, 9.17) is 0 Å². The topological polar surface area (TPSA) is 58.1 Å². The van der Waals surface area contributed by atoms with Gasteiger partial charge in [-0.2, -0.15) is 0 Å². The predicted octanol–water partition coefficient (Wildman–Crippen LogP) is 2.12. The maximum absolute atomic E-state index is 11.9. The largest absolute Gasteiger partial charge is 0.369 e. The van der Waals surface area contributed by atoms with Gasteiger partial charge >= 0.3 is 0 Å². The van der Waals surface area contributed by atoms with Gasteiger partial charge in [-0.05, 0) is 24.3 Å². The van der Waals surface area contributed by atoms with Gasteiger partial charge in [-0.25, -0.2) is 9.97 Å². The van der Waals surface area contributed by atoms with Crippen LogP contribution in [0.2, 0.25) is 0 Å². The average molecular weight is 276 g/mol. The quantitative estimate of drug-likeness (QED) is 0.929. The molecule has 3 heterocycles. The lowest BCUT2D eigenvalue weighted by molar-refractivity contribution is -0.129. The Labute approximate surface area is 115 Å². The number of aromatic nitrogens is 2. The fraction of sp³-hybridized carbons (Fsp3) is 0.462. The Morgan fingerprint density at radius 3 is 3.05 bits per heavy atom. The summed E-state index contributed by atoms with van der Waals surface area (Å²) in [5.41, 5.74) is 0. The minimum atomic E-state index is 0.237. The van der Waals surface area contributed by atoms with Gasteiger partial charge in [0, 0.05) is 26.1 Å². The number of carbonyl (C=O) groups is 1. The highest BCUT2D eigenvalue weighted by molar-refractivity contribution is 7.16. The second kappa shape index (κ2) is 5.52. The third kappa shape index (κ3) is 2.68. The number of hydrogen-bond donors (Lipinski definition) is 1. The summed E-state index contributed by atoms with van der Waals surface area (Å²) in [6.07, 6.45) is 4.36. The highest BCUT2D eigenvalue weighted by atomic mass is 32.1. The first-order chi connectivity index (χ1) is 9.34. The predicted molar refractivity (Wildman–Crippen MR) is 76.3 cm³/mol. The van der Waals surface area contributed by atoms with E-state index >= 15 is 0 Å². The minimum absolute atomic E-state index is 0.237. The number of hydrogen-bond acceptors (Lipinski definition) is 5. The van der Waals surface area contributed by atoms with Crippen molar-refractivity contribution in [2.75, 3.05) is 25.0 Å². The first-order valence-electron chi connectivity index (χ1n) is 6.54. The summed E-state index contributed by atoms with van der Waals surface area (Å²) in [6, 6.07) is 2.00. The van der Waals surface area contributed by atoms with E-state index in [9.17, 15) is 4.79 Å². The van der Waals surface area contributed by atoms with Crippen molar-refractivity contribution in [3.8, 4) is 0 Å². The monoisotopic (exact) mass is 276 g/mol.